The van der Waals surface area contributed by atoms with Crippen LogP contribution in [0.5, 0.6) is 0 Å². The molecule has 1 N–H and O–H groups in total. The first kappa shape index (κ1) is 23.3. The van der Waals surface area contributed by atoms with E-state index in [4.69, 9.17) is 4.98 Å². The van der Waals surface area contributed by atoms with Gasteiger partial charge in [0.2, 0.25) is 0 Å². The molecule has 35 heavy (non-hydrogen) atoms. The summed E-state index contributed by atoms with van der Waals surface area (Å²) < 4.78 is 2.18. The lowest BCUT2D eigenvalue weighted by molar-refractivity contribution is 0.0954. The Hall–Kier alpha value is -3.42. The maximum atomic E-state index is 12.5. The number of imidazole rings is 1. The van der Waals surface area contributed by atoms with Crippen LogP contribution in [-0.4, -0.2) is 27.0 Å². The highest BCUT2D eigenvalue weighted by Crippen LogP contribution is 2.27. The van der Waals surface area contributed by atoms with Crippen LogP contribution in [0, 0.1) is 6.92 Å². The number of thiophene rings is 1. The summed E-state index contributed by atoms with van der Waals surface area (Å²) in [6.45, 7) is 3.46. The van der Waals surface area contributed by atoms with Gasteiger partial charge in [0.25, 0.3) is 5.91 Å². The maximum Gasteiger partial charge on any atom is 0.251 e. The van der Waals surface area contributed by atoms with Crippen LogP contribution in [0.4, 0.5) is 0 Å². The molecular formula is C28H26N4OS2. The third kappa shape index (κ3) is 5.81. The number of aryl methyl sites for hydroxylation is 1. The lowest BCUT2D eigenvalue weighted by Crippen LogP contribution is -2.25. The van der Waals surface area contributed by atoms with E-state index in [1.807, 2.05) is 48.7 Å². The lowest BCUT2D eigenvalue weighted by Gasteiger charge is -2.09. The lowest BCUT2D eigenvalue weighted by atomic mass is 10.1. The Morgan fingerprint density at radius 2 is 1.80 bits per heavy atom. The summed E-state index contributed by atoms with van der Waals surface area (Å²) in [6.07, 6.45) is 2.67. The van der Waals surface area contributed by atoms with Gasteiger partial charge in [0, 0.05) is 28.9 Å². The molecule has 2 aromatic carbocycles. The minimum atomic E-state index is -0.0354. The molecule has 0 bridgehead atoms. The highest BCUT2D eigenvalue weighted by molar-refractivity contribution is 7.98. The highest BCUT2D eigenvalue weighted by Gasteiger charge is 2.13. The van der Waals surface area contributed by atoms with Crippen molar-refractivity contribution in [3.05, 3.63) is 112 Å². The third-order valence-corrected chi connectivity index (χ3v) is 7.73. The first-order chi connectivity index (χ1) is 17.2. The third-order valence-electron chi connectivity index (χ3n) is 5.75. The van der Waals surface area contributed by atoms with E-state index >= 15 is 0 Å². The molecule has 0 aliphatic carbocycles. The second kappa shape index (κ2) is 10.9. The fourth-order valence-corrected chi connectivity index (χ4v) is 5.49. The highest BCUT2D eigenvalue weighted by atomic mass is 32.2. The Morgan fingerprint density at radius 3 is 2.57 bits per heavy atom. The maximum absolute atomic E-state index is 12.5. The second-order valence-electron chi connectivity index (χ2n) is 8.38. The number of aromatic nitrogens is 3. The zero-order valence-electron chi connectivity index (χ0n) is 19.5. The van der Waals surface area contributed by atoms with Gasteiger partial charge in [-0.15, -0.1) is 11.3 Å². The number of hydrogen-bond donors (Lipinski definition) is 1. The van der Waals surface area contributed by atoms with Gasteiger partial charge >= 0.3 is 0 Å². The molecule has 7 heteroatoms. The molecule has 3 aromatic heterocycles. The number of fused-ring (bicyclic) bond motifs is 1. The molecular weight excluding hydrogens is 472 g/mol. The summed E-state index contributed by atoms with van der Waals surface area (Å²) >= 11 is 3.40. The van der Waals surface area contributed by atoms with Crippen molar-refractivity contribution in [1.29, 1.82) is 0 Å². The van der Waals surface area contributed by atoms with Crippen molar-refractivity contribution < 1.29 is 4.79 Å². The smallest absolute Gasteiger partial charge is 0.251 e. The van der Waals surface area contributed by atoms with E-state index in [9.17, 15) is 4.79 Å². The van der Waals surface area contributed by atoms with Crippen molar-refractivity contribution >= 4 is 40.2 Å². The van der Waals surface area contributed by atoms with Gasteiger partial charge in [-0.1, -0.05) is 59.8 Å². The number of hydrogen-bond acceptors (Lipinski definition) is 5. The van der Waals surface area contributed by atoms with Gasteiger partial charge in [-0.25, -0.2) is 9.97 Å². The minimum Gasteiger partial charge on any atom is -0.352 e. The molecule has 0 unspecified atom stereocenters. The average Bonchev–Trinajstić information content (AvgIpc) is 3.52. The van der Waals surface area contributed by atoms with Gasteiger partial charge in [0.1, 0.15) is 5.52 Å². The van der Waals surface area contributed by atoms with Crippen molar-refractivity contribution in [1.82, 2.24) is 19.9 Å². The first-order valence-electron chi connectivity index (χ1n) is 11.5. The Kier molecular flexibility index (Phi) is 7.25. The monoisotopic (exact) mass is 498 g/mol. The van der Waals surface area contributed by atoms with Gasteiger partial charge < -0.3 is 5.32 Å². The predicted octanol–water partition coefficient (Wildman–Crippen LogP) is 6.11. The van der Waals surface area contributed by atoms with E-state index in [0.29, 0.717) is 12.1 Å². The molecule has 5 rings (SSSR count). The Bertz CT molecular complexity index is 1410. The van der Waals surface area contributed by atoms with Crippen LogP contribution in [0.15, 0.2) is 89.5 Å². The summed E-state index contributed by atoms with van der Waals surface area (Å²) in [4.78, 5) is 23.2. The van der Waals surface area contributed by atoms with Crippen molar-refractivity contribution in [2.45, 2.75) is 30.8 Å². The zero-order valence-corrected chi connectivity index (χ0v) is 21.1. The number of carbonyl (C=O) groups excluding carboxylic acids is 1. The summed E-state index contributed by atoms with van der Waals surface area (Å²) in [6, 6.07) is 24.5. The fraction of sp³-hybridized carbons (Fsp3) is 0.179. The van der Waals surface area contributed by atoms with E-state index in [-0.39, 0.29) is 5.91 Å². The topological polar surface area (TPSA) is 59.8 Å². The first-order valence-corrected chi connectivity index (χ1v) is 13.4. The number of nitrogens with one attached hydrogen (secondary N) is 1. The minimum absolute atomic E-state index is 0.0354. The quantitative estimate of drug-likeness (QED) is 0.249. The largest absolute Gasteiger partial charge is 0.352 e. The Morgan fingerprint density at radius 1 is 1.00 bits per heavy atom. The second-order valence-corrected chi connectivity index (χ2v) is 10.4. The fourth-order valence-electron chi connectivity index (χ4n) is 3.82. The van der Waals surface area contributed by atoms with Crippen molar-refractivity contribution in [2.75, 3.05) is 6.54 Å². The summed E-state index contributed by atoms with van der Waals surface area (Å²) in [5, 5.41) is 6.00. The van der Waals surface area contributed by atoms with Gasteiger partial charge in [0.15, 0.2) is 10.8 Å². The van der Waals surface area contributed by atoms with Gasteiger partial charge in [-0.05, 0) is 60.2 Å². The molecule has 1 amide bonds. The number of rotatable bonds is 9. The molecule has 176 valence electrons. The van der Waals surface area contributed by atoms with Crippen LogP contribution in [0.3, 0.4) is 0 Å². The van der Waals surface area contributed by atoms with Crippen molar-refractivity contribution in [3.63, 3.8) is 0 Å². The standard InChI is InChI=1S/C28H26N4OS2/c1-20-6-8-21(9-7-20)18-32-26-25(5-2-15-29-26)31-28(32)35-19-22-10-12-23(13-11-22)27(33)30-16-14-24-4-3-17-34-24/h2-13,15,17H,14,16,18-19H2,1H3,(H,30,33). The van der Waals surface area contributed by atoms with Crippen molar-refractivity contribution in [3.8, 4) is 0 Å². The van der Waals surface area contributed by atoms with E-state index in [1.54, 1.807) is 23.1 Å². The molecule has 0 atom stereocenters. The number of thioether (sulfide) groups is 1. The molecule has 0 aliphatic rings. The van der Waals surface area contributed by atoms with Crippen LogP contribution >= 0.6 is 23.1 Å². The Labute approximate surface area is 213 Å². The van der Waals surface area contributed by atoms with Crippen molar-refractivity contribution in [2.24, 2.45) is 0 Å². The van der Waals surface area contributed by atoms with E-state index < -0.39 is 0 Å². The molecule has 0 saturated carbocycles. The molecule has 5 aromatic rings. The molecule has 0 saturated heterocycles. The van der Waals surface area contributed by atoms with Crippen LogP contribution in [0.25, 0.3) is 11.2 Å². The molecule has 0 fully saturated rings. The van der Waals surface area contributed by atoms with Gasteiger partial charge in [-0.3, -0.25) is 9.36 Å². The molecule has 0 aliphatic heterocycles. The number of carbonyl (C=O) groups is 1. The summed E-state index contributed by atoms with van der Waals surface area (Å²) in [5.74, 6) is 0.726. The zero-order chi connectivity index (χ0) is 24.0. The summed E-state index contributed by atoms with van der Waals surface area (Å²) in [5.41, 5.74) is 6.09. The number of pyridine rings is 1. The number of amides is 1. The van der Waals surface area contributed by atoms with E-state index in [0.717, 1.165) is 40.6 Å². The number of benzene rings is 2. The molecule has 0 spiro atoms. The SMILES string of the molecule is Cc1ccc(Cn2c(SCc3ccc(C(=O)NCCc4cccs4)cc3)nc3cccnc32)cc1. The van der Waals surface area contributed by atoms with Crippen LogP contribution in [0.2, 0.25) is 0 Å². The normalized spacial score (nSPS) is 11.1. The van der Waals surface area contributed by atoms with Gasteiger partial charge in [0.05, 0.1) is 6.54 Å². The number of nitrogens with zero attached hydrogens (tertiary/aromatic N) is 3. The Balaban J connectivity index is 1.24. The van der Waals surface area contributed by atoms with E-state index in [1.165, 1.54) is 16.0 Å². The van der Waals surface area contributed by atoms with Crippen LogP contribution < -0.4 is 5.32 Å². The van der Waals surface area contributed by atoms with Crippen LogP contribution in [0.1, 0.15) is 31.9 Å². The van der Waals surface area contributed by atoms with Crippen LogP contribution in [-0.2, 0) is 18.7 Å². The van der Waals surface area contributed by atoms with E-state index in [2.05, 4.69) is 57.5 Å². The molecule has 3 heterocycles. The average molecular weight is 499 g/mol. The molecule has 0 radical (unpaired) electrons. The van der Waals surface area contributed by atoms with Gasteiger partial charge in [-0.2, -0.15) is 0 Å². The summed E-state index contributed by atoms with van der Waals surface area (Å²) in [7, 11) is 0. The molecule has 5 nitrogen and oxygen atoms in total. The predicted molar refractivity (Wildman–Crippen MR) is 144 cm³/mol.